The Labute approximate surface area is 122 Å². The molecular formula is C15H29N3O2. The molecular weight excluding hydrogens is 254 g/mol. The summed E-state index contributed by atoms with van der Waals surface area (Å²) in [6.45, 7) is 10.7. The zero-order valence-electron chi connectivity index (χ0n) is 12.9. The van der Waals surface area contributed by atoms with Crippen LogP contribution in [0.4, 0.5) is 0 Å². The van der Waals surface area contributed by atoms with Gasteiger partial charge in [0, 0.05) is 32.7 Å². The molecule has 2 aliphatic rings. The molecule has 1 atom stereocenters. The Balaban J connectivity index is 1.73. The van der Waals surface area contributed by atoms with E-state index in [1.165, 1.54) is 0 Å². The van der Waals surface area contributed by atoms with Gasteiger partial charge in [-0.25, -0.2) is 0 Å². The van der Waals surface area contributed by atoms with Gasteiger partial charge in [-0.15, -0.1) is 0 Å². The van der Waals surface area contributed by atoms with E-state index in [0.29, 0.717) is 5.92 Å². The molecule has 0 aromatic rings. The van der Waals surface area contributed by atoms with Crippen LogP contribution in [0, 0.1) is 11.8 Å². The number of hydrogen-bond acceptors (Lipinski definition) is 4. The van der Waals surface area contributed by atoms with Crippen LogP contribution in [0.1, 0.15) is 26.7 Å². The van der Waals surface area contributed by atoms with Crippen molar-refractivity contribution in [1.82, 2.24) is 9.80 Å². The number of ether oxygens (including phenoxy) is 1. The first-order valence-electron chi connectivity index (χ1n) is 7.92. The summed E-state index contributed by atoms with van der Waals surface area (Å²) in [4.78, 5) is 16.7. The van der Waals surface area contributed by atoms with Crippen molar-refractivity contribution in [3.63, 3.8) is 0 Å². The van der Waals surface area contributed by atoms with Crippen molar-refractivity contribution in [1.29, 1.82) is 0 Å². The van der Waals surface area contributed by atoms with Crippen molar-refractivity contribution in [3.05, 3.63) is 0 Å². The minimum Gasteiger partial charge on any atom is -0.379 e. The zero-order chi connectivity index (χ0) is 14.5. The molecule has 2 N–H and O–H groups in total. The SMILES string of the molecule is CC(C)C(N)C(=O)N1CCC(CN2CCOCC2)CC1. The third kappa shape index (κ3) is 4.17. The topological polar surface area (TPSA) is 58.8 Å². The van der Waals surface area contributed by atoms with Gasteiger partial charge in [-0.2, -0.15) is 0 Å². The Morgan fingerprint density at radius 3 is 2.35 bits per heavy atom. The summed E-state index contributed by atoms with van der Waals surface area (Å²) in [5, 5.41) is 0. The molecule has 0 aliphatic carbocycles. The second-order valence-electron chi connectivity index (χ2n) is 6.45. The van der Waals surface area contributed by atoms with Gasteiger partial charge in [0.25, 0.3) is 0 Å². The number of carbonyl (C=O) groups excluding carboxylic acids is 1. The van der Waals surface area contributed by atoms with Gasteiger partial charge >= 0.3 is 0 Å². The summed E-state index contributed by atoms with van der Waals surface area (Å²) in [5.74, 6) is 1.06. The Morgan fingerprint density at radius 2 is 1.80 bits per heavy atom. The molecule has 0 saturated carbocycles. The van der Waals surface area contributed by atoms with Crippen LogP contribution < -0.4 is 5.73 Å². The van der Waals surface area contributed by atoms with Gasteiger partial charge in [0.2, 0.25) is 5.91 Å². The van der Waals surface area contributed by atoms with E-state index in [-0.39, 0.29) is 17.9 Å². The molecule has 0 aromatic carbocycles. The van der Waals surface area contributed by atoms with E-state index in [0.717, 1.165) is 58.8 Å². The lowest BCUT2D eigenvalue weighted by Crippen LogP contribution is -2.50. The molecule has 2 fully saturated rings. The summed E-state index contributed by atoms with van der Waals surface area (Å²) in [5.41, 5.74) is 5.96. The van der Waals surface area contributed by atoms with Crippen molar-refractivity contribution < 1.29 is 9.53 Å². The highest BCUT2D eigenvalue weighted by Crippen LogP contribution is 2.20. The minimum atomic E-state index is -0.342. The number of carbonyl (C=O) groups is 1. The van der Waals surface area contributed by atoms with Gasteiger partial charge in [-0.1, -0.05) is 13.8 Å². The van der Waals surface area contributed by atoms with E-state index in [4.69, 9.17) is 10.5 Å². The number of nitrogens with two attached hydrogens (primary N) is 1. The number of amides is 1. The molecule has 2 saturated heterocycles. The molecule has 2 aliphatic heterocycles. The maximum absolute atomic E-state index is 12.2. The molecule has 0 aromatic heterocycles. The maximum Gasteiger partial charge on any atom is 0.239 e. The van der Waals surface area contributed by atoms with Gasteiger partial charge in [-0.05, 0) is 24.7 Å². The summed E-state index contributed by atoms with van der Waals surface area (Å²) in [7, 11) is 0. The summed E-state index contributed by atoms with van der Waals surface area (Å²) >= 11 is 0. The van der Waals surface area contributed by atoms with Crippen LogP contribution in [0.2, 0.25) is 0 Å². The van der Waals surface area contributed by atoms with Gasteiger partial charge in [0.1, 0.15) is 0 Å². The predicted octanol–water partition coefficient (Wildman–Crippen LogP) is 0.541. The highest BCUT2D eigenvalue weighted by atomic mass is 16.5. The lowest BCUT2D eigenvalue weighted by molar-refractivity contribution is -0.135. The number of morpholine rings is 1. The van der Waals surface area contributed by atoms with E-state index in [1.807, 2.05) is 18.7 Å². The van der Waals surface area contributed by atoms with E-state index in [9.17, 15) is 4.79 Å². The van der Waals surface area contributed by atoms with Crippen LogP contribution in [0.3, 0.4) is 0 Å². The first-order valence-corrected chi connectivity index (χ1v) is 7.92. The average Bonchev–Trinajstić information content (AvgIpc) is 2.47. The normalized spacial score (nSPS) is 24.1. The van der Waals surface area contributed by atoms with Gasteiger partial charge in [0.15, 0.2) is 0 Å². The number of likely N-dealkylation sites (tertiary alicyclic amines) is 1. The van der Waals surface area contributed by atoms with Crippen LogP contribution in [0.25, 0.3) is 0 Å². The quantitative estimate of drug-likeness (QED) is 0.818. The lowest BCUT2D eigenvalue weighted by atomic mass is 9.94. The standard InChI is InChI=1S/C15H29N3O2/c1-12(2)14(16)15(19)18-5-3-13(4-6-18)11-17-7-9-20-10-8-17/h12-14H,3-11,16H2,1-2H3. The largest absolute Gasteiger partial charge is 0.379 e. The van der Waals surface area contributed by atoms with Gasteiger partial charge in [-0.3, -0.25) is 9.69 Å². The van der Waals surface area contributed by atoms with Crippen LogP contribution in [-0.4, -0.2) is 67.7 Å². The molecule has 1 unspecified atom stereocenters. The third-order valence-electron chi connectivity index (χ3n) is 4.55. The number of hydrogen-bond donors (Lipinski definition) is 1. The van der Waals surface area contributed by atoms with Gasteiger partial charge in [0.05, 0.1) is 19.3 Å². The molecule has 116 valence electrons. The van der Waals surface area contributed by atoms with Crippen molar-refractivity contribution in [3.8, 4) is 0 Å². The Hall–Kier alpha value is -0.650. The fourth-order valence-corrected chi connectivity index (χ4v) is 2.98. The number of nitrogens with zero attached hydrogens (tertiary/aromatic N) is 2. The average molecular weight is 283 g/mol. The Morgan fingerprint density at radius 1 is 1.20 bits per heavy atom. The number of piperidine rings is 1. The van der Waals surface area contributed by atoms with E-state index in [1.54, 1.807) is 0 Å². The van der Waals surface area contributed by atoms with E-state index >= 15 is 0 Å². The van der Waals surface area contributed by atoms with Crippen molar-refractivity contribution >= 4 is 5.91 Å². The van der Waals surface area contributed by atoms with Crippen molar-refractivity contribution in [2.24, 2.45) is 17.6 Å². The van der Waals surface area contributed by atoms with E-state index < -0.39 is 0 Å². The molecule has 0 spiro atoms. The van der Waals surface area contributed by atoms with Crippen LogP contribution in [-0.2, 0) is 9.53 Å². The summed E-state index contributed by atoms with van der Waals surface area (Å²) in [6, 6.07) is -0.342. The first kappa shape index (κ1) is 15.7. The Kier molecular flexibility index (Phi) is 5.81. The van der Waals surface area contributed by atoms with Crippen molar-refractivity contribution in [2.45, 2.75) is 32.7 Å². The third-order valence-corrected chi connectivity index (χ3v) is 4.55. The minimum absolute atomic E-state index is 0.129. The first-order chi connectivity index (χ1) is 9.58. The summed E-state index contributed by atoms with van der Waals surface area (Å²) < 4.78 is 5.38. The van der Waals surface area contributed by atoms with E-state index in [2.05, 4.69) is 4.90 Å². The molecule has 5 nitrogen and oxygen atoms in total. The highest BCUT2D eigenvalue weighted by molar-refractivity contribution is 5.82. The van der Waals surface area contributed by atoms with Gasteiger partial charge < -0.3 is 15.4 Å². The zero-order valence-corrected chi connectivity index (χ0v) is 12.9. The monoisotopic (exact) mass is 283 g/mol. The molecule has 2 rings (SSSR count). The Bertz CT molecular complexity index is 308. The smallest absolute Gasteiger partial charge is 0.239 e. The predicted molar refractivity (Wildman–Crippen MR) is 79.4 cm³/mol. The lowest BCUT2D eigenvalue weighted by Gasteiger charge is -2.37. The molecule has 0 radical (unpaired) electrons. The highest BCUT2D eigenvalue weighted by Gasteiger charge is 2.28. The summed E-state index contributed by atoms with van der Waals surface area (Å²) in [6.07, 6.45) is 2.21. The van der Waals surface area contributed by atoms with Crippen molar-refractivity contribution in [2.75, 3.05) is 45.9 Å². The van der Waals surface area contributed by atoms with Crippen LogP contribution >= 0.6 is 0 Å². The molecule has 2 heterocycles. The second kappa shape index (κ2) is 7.38. The molecule has 5 heteroatoms. The maximum atomic E-state index is 12.2. The molecule has 20 heavy (non-hydrogen) atoms. The van der Waals surface area contributed by atoms with Crippen LogP contribution in [0.5, 0.6) is 0 Å². The fourth-order valence-electron chi connectivity index (χ4n) is 2.98. The molecule has 0 bridgehead atoms. The molecule has 1 amide bonds. The van der Waals surface area contributed by atoms with Crippen LogP contribution in [0.15, 0.2) is 0 Å². The second-order valence-corrected chi connectivity index (χ2v) is 6.45. The number of rotatable bonds is 4. The fraction of sp³-hybridized carbons (Fsp3) is 0.933.